The number of rotatable bonds is 3. The average Bonchev–Trinajstić information content (AvgIpc) is 1.99. The molecule has 0 aromatic rings. The molecule has 0 unspecified atom stereocenters. The maximum Gasteiger partial charge on any atom is 0.0866 e. The summed E-state index contributed by atoms with van der Waals surface area (Å²) in [4.78, 5) is 0. The van der Waals surface area contributed by atoms with Gasteiger partial charge >= 0.3 is 0 Å². The maximum absolute atomic E-state index is 11.4. The van der Waals surface area contributed by atoms with Crippen molar-refractivity contribution in [2.75, 3.05) is 0 Å². The van der Waals surface area contributed by atoms with Gasteiger partial charge in [-0.25, -0.2) is 4.39 Å². The lowest BCUT2D eigenvalue weighted by molar-refractivity contribution is 0.721. The molecule has 0 saturated carbocycles. The fourth-order valence-electron chi connectivity index (χ4n) is 0.639. The lowest BCUT2D eigenvalue weighted by Crippen LogP contribution is -1.70. The fourth-order valence-corrected chi connectivity index (χ4v) is 0.639. The van der Waals surface area contributed by atoms with E-state index in [2.05, 4.69) is 6.92 Å². The smallest absolute Gasteiger partial charge is 0.0866 e. The summed E-state index contributed by atoms with van der Waals surface area (Å²) >= 11 is 0. The standard InChI is InChI=1S/C9H13F/c1-3-9(4-2)7-5-6-8-10/h3,5-8H,4H2,1-2H3/b7-5-,8-6+,9-3-. The van der Waals surface area contributed by atoms with E-state index in [9.17, 15) is 4.39 Å². The Labute approximate surface area is 61.8 Å². The quantitative estimate of drug-likeness (QED) is 0.527. The molecule has 0 fully saturated rings. The molecule has 0 amide bonds. The van der Waals surface area contributed by atoms with Gasteiger partial charge in [-0.05, 0) is 19.4 Å². The van der Waals surface area contributed by atoms with Crippen molar-refractivity contribution >= 4 is 0 Å². The first kappa shape index (κ1) is 9.15. The highest BCUT2D eigenvalue weighted by Crippen LogP contribution is 2.01. The van der Waals surface area contributed by atoms with Crippen molar-refractivity contribution in [1.82, 2.24) is 0 Å². The average molecular weight is 140 g/mol. The van der Waals surface area contributed by atoms with Crippen LogP contribution in [-0.2, 0) is 0 Å². The van der Waals surface area contributed by atoms with Crippen LogP contribution in [0.25, 0.3) is 0 Å². The van der Waals surface area contributed by atoms with Gasteiger partial charge in [-0.2, -0.15) is 0 Å². The Kier molecular flexibility index (Phi) is 5.74. The minimum Gasteiger partial charge on any atom is -0.216 e. The van der Waals surface area contributed by atoms with E-state index in [1.54, 1.807) is 6.08 Å². The van der Waals surface area contributed by atoms with Gasteiger partial charge in [0, 0.05) is 0 Å². The molecule has 0 aliphatic heterocycles. The van der Waals surface area contributed by atoms with E-state index in [0.29, 0.717) is 6.33 Å². The van der Waals surface area contributed by atoms with Crippen LogP contribution in [0.3, 0.4) is 0 Å². The van der Waals surface area contributed by atoms with E-state index in [4.69, 9.17) is 0 Å². The molecule has 1 heteroatoms. The van der Waals surface area contributed by atoms with Crippen LogP contribution >= 0.6 is 0 Å². The van der Waals surface area contributed by atoms with Gasteiger partial charge in [-0.3, -0.25) is 0 Å². The molecule has 10 heavy (non-hydrogen) atoms. The SMILES string of the molecule is C\C=C(/C=C\C=C\F)CC. The molecule has 0 aromatic heterocycles. The minimum absolute atomic E-state index is 0.527. The third-order valence-electron chi connectivity index (χ3n) is 1.27. The second-order valence-electron chi connectivity index (χ2n) is 1.89. The molecular formula is C9H13F. The number of hydrogen-bond acceptors (Lipinski definition) is 0. The van der Waals surface area contributed by atoms with E-state index in [1.807, 2.05) is 19.1 Å². The topological polar surface area (TPSA) is 0 Å². The fraction of sp³-hybridized carbons (Fsp3) is 0.333. The highest BCUT2D eigenvalue weighted by Gasteiger charge is 1.80. The summed E-state index contributed by atoms with van der Waals surface area (Å²) in [7, 11) is 0. The summed E-state index contributed by atoms with van der Waals surface area (Å²) < 4.78 is 11.4. The van der Waals surface area contributed by atoms with Crippen LogP contribution in [0.2, 0.25) is 0 Å². The van der Waals surface area contributed by atoms with Crippen molar-refractivity contribution in [1.29, 1.82) is 0 Å². The molecule has 0 aliphatic rings. The summed E-state index contributed by atoms with van der Waals surface area (Å²) in [5.74, 6) is 0. The van der Waals surface area contributed by atoms with Gasteiger partial charge in [0.15, 0.2) is 0 Å². The molecule has 0 rings (SSSR count). The lowest BCUT2D eigenvalue weighted by atomic mass is 10.2. The number of allylic oxidation sites excluding steroid dienone is 5. The van der Waals surface area contributed by atoms with Crippen LogP contribution in [0.15, 0.2) is 36.2 Å². The van der Waals surface area contributed by atoms with Crippen LogP contribution in [-0.4, -0.2) is 0 Å². The van der Waals surface area contributed by atoms with Crippen LogP contribution < -0.4 is 0 Å². The third-order valence-corrected chi connectivity index (χ3v) is 1.27. The Bertz CT molecular complexity index is 152. The molecule has 0 aliphatic carbocycles. The van der Waals surface area contributed by atoms with E-state index >= 15 is 0 Å². The summed E-state index contributed by atoms with van der Waals surface area (Å²) in [6.07, 6.45) is 8.50. The summed E-state index contributed by atoms with van der Waals surface area (Å²) in [5.41, 5.74) is 1.22. The highest BCUT2D eigenvalue weighted by atomic mass is 19.1. The second kappa shape index (κ2) is 6.27. The summed E-state index contributed by atoms with van der Waals surface area (Å²) in [5, 5.41) is 0. The Morgan fingerprint density at radius 1 is 1.40 bits per heavy atom. The van der Waals surface area contributed by atoms with Crippen molar-refractivity contribution in [3.05, 3.63) is 36.2 Å². The van der Waals surface area contributed by atoms with Crippen LogP contribution in [0.1, 0.15) is 20.3 Å². The number of halogens is 1. The van der Waals surface area contributed by atoms with E-state index in [0.717, 1.165) is 6.42 Å². The Morgan fingerprint density at radius 3 is 2.50 bits per heavy atom. The Balaban J connectivity index is 3.85. The van der Waals surface area contributed by atoms with Crippen LogP contribution in [0, 0.1) is 0 Å². The monoisotopic (exact) mass is 140 g/mol. The first-order valence-electron chi connectivity index (χ1n) is 3.43. The predicted octanol–water partition coefficient (Wildman–Crippen LogP) is 3.38. The summed E-state index contributed by atoms with van der Waals surface area (Å²) in [6.45, 7) is 4.04. The zero-order valence-corrected chi connectivity index (χ0v) is 6.47. The van der Waals surface area contributed by atoms with E-state index in [-0.39, 0.29) is 0 Å². The van der Waals surface area contributed by atoms with Gasteiger partial charge in [0.05, 0.1) is 6.33 Å². The second-order valence-corrected chi connectivity index (χ2v) is 1.89. The van der Waals surface area contributed by atoms with Crippen LogP contribution in [0.4, 0.5) is 4.39 Å². The van der Waals surface area contributed by atoms with E-state index in [1.165, 1.54) is 11.6 Å². The highest BCUT2D eigenvalue weighted by molar-refractivity contribution is 5.20. The van der Waals surface area contributed by atoms with Crippen molar-refractivity contribution in [2.24, 2.45) is 0 Å². The van der Waals surface area contributed by atoms with Crippen molar-refractivity contribution < 1.29 is 4.39 Å². The normalized spacial score (nSPS) is 13.7. The number of hydrogen-bond donors (Lipinski definition) is 0. The van der Waals surface area contributed by atoms with Gasteiger partial charge < -0.3 is 0 Å². The Morgan fingerprint density at radius 2 is 2.10 bits per heavy atom. The minimum atomic E-state index is 0.527. The molecule has 0 heterocycles. The maximum atomic E-state index is 11.4. The van der Waals surface area contributed by atoms with E-state index < -0.39 is 0 Å². The molecule has 0 atom stereocenters. The predicted molar refractivity (Wildman–Crippen MR) is 43.4 cm³/mol. The third kappa shape index (κ3) is 4.07. The largest absolute Gasteiger partial charge is 0.216 e. The molecule has 56 valence electrons. The van der Waals surface area contributed by atoms with Crippen molar-refractivity contribution in [3.63, 3.8) is 0 Å². The Hall–Kier alpha value is -0.850. The van der Waals surface area contributed by atoms with Gasteiger partial charge in [0.25, 0.3) is 0 Å². The molecule has 0 saturated heterocycles. The molecule has 0 radical (unpaired) electrons. The van der Waals surface area contributed by atoms with Crippen molar-refractivity contribution in [2.45, 2.75) is 20.3 Å². The first-order chi connectivity index (χ1) is 4.85. The van der Waals surface area contributed by atoms with Crippen LogP contribution in [0.5, 0.6) is 0 Å². The zero-order chi connectivity index (χ0) is 7.82. The molecule has 0 spiro atoms. The molecule has 0 nitrogen and oxygen atoms in total. The van der Waals surface area contributed by atoms with Crippen molar-refractivity contribution in [3.8, 4) is 0 Å². The van der Waals surface area contributed by atoms with Gasteiger partial charge in [0.2, 0.25) is 0 Å². The molecule has 0 N–H and O–H groups in total. The molecular weight excluding hydrogens is 127 g/mol. The molecule has 0 aromatic carbocycles. The van der Waals surface area contributed by atoms with Gasteiger partial charge in [0.1, 0.15) is 0 Å². The van der Waals surface area contributed by atoms with Gasteiger partial charge in [-0.15, -0.1) is 0 Å². The van der Waals surface area contributed by atoms with Gasteiger partial charge in [-0.1, -0.05) is 30.7 Å². The molecule has 0 bridgehead atoms. The lowest BCUT2D eigenvalue weighted by Gasteiger charge is -1.90. The first-order valence-corrected chi connectivity index (χ1v) is 3.43. The summed E-state index contributed by atoms with van der Waals surface area (Å²) in [6, 6.07) is 0. The zero-order valence-electron chi connectivity index (χ0n) is 6.47.